The van der Waals surface area contributed by atoms with Gasteiger partial charge in [0, 0.05) is 31.2 Å². The minimum absolute atomic E-state index is 0.563. The van der Waals surface area contributed by atoms with E-state index in [1.807, 2.05) is 0 Å². The summed E-state index contributed by atoms with van der Waals surface area (Å²) in [5.74, 6) is 0.763. The van der Waals surface area contributed by atoms with Gasteiger partial charge in [-0.1, -0.05) is 58.0 Å². The fourth-order valence-corrected chi connectivity index (χ4v) is 3.71. The molecule has 118 valence electrons. The number of rotatable bonds is 6. The molecule has 0 aliphatic carbocycles. The summed E-state index contributed by atoms with van der Waals surface area (Å²) in [7, 11) is 0. The molecule has 0 saturated carbocycles. The van der Waals surface area contributed by atoms with Crippen LogP contribution in [0.2, 0.25) is 0 Å². The van der Waals surface area contributed by atoms with Crippen LogP contribution in [0.1, 0.15) is 58.6 Å². The molecule has 1 saturated heterocycles. The van der Waals surface area contributed by atoms with Gasteiger partial charge in [-0.3, -0.25) is 4.90 Å². The van der Waals surface area contributed by atoms with Gasteiger partial charge in [-0.05, 0) is 30.7 Å². The highest BCUT2D eigenvalue weighted by Gasteiger charge is 2.31. The minimum atomic E-state index is 0.563. The maximum Gasteiger partial charge on any atom is 0.0349 e. The quantitative estimate of drug-likeness (QED) is 0.842. The molecule has 1 fully saturated rings. The van der Waals surface area contributed by atoms with E-state index in [-0.39, 0.29) is 0 Å². The van der Waals surface area contributed by atoms with Crippen LogP contribution in [0.3, 0.4) is 0 Å². The zero-order valence-corrected chi connectivity index (χ0v) is 14.2. The second-order valence-electron chi connectivity index (χ2n) is 6.83. The Hall–Kier alpha value is -0.860. The highest BCUT2D eigenvalue weighted by atomic mass is 15.3. The summed E-state index contributed by atoms with van der Waals surface area (Å²) in [6.45, 7) is 11.6. The molecule has 0 amide bonds. The molecule has 3 unspecified atom stereocenters. The van der Waals surface area contributed by atoms with Gasteiger partial charge in [-0.2, -0.15) is 0 Å². The summed E-state index contributed by atoms with van der Waals surface area (Å²) in [5.41, 5.74) is 1.48. The molecule has 1 aliphatic rings. The number of piperazine rings is 1. The molecule has 2 heteroatoms. The minimum Gasteiger partial charge on any atom is -0.311 e. The Labute approximate surface area is 130 Å². The normalized spacial score (nSPS) is 25.2. The van der Waals surface area contributed by atoms with Crippen LogP contribution in [0.5, 0.6) is 0 Å². The zero-order chi connectivity index (χ0) is 15.2. The molecular formula is C19H32N2. The largest absolute Gasteiger partial charge is 0.311 e. The van der Waals surface area contributed by atoms with E-state index in [4.69, 9.17) is 0 Å². The van der Waals surface area contributed by atoms with Crippen LogP contribution >= 0.6 is 0 Å². The van der Waals surface area contributed by atoms with Crippen molar-refractivity contribution in [2.24, 2.45) is 5.92 Å². The lowest BCUT2D eigenvalue weighted by Crippen LogP contribution is -2.57. The van der Waals surface area contributed by atoms with Gasteiger partial charge in [-0.15, -0.1) is 0 Å². The summed E-state index contributed by atoms with van der Waals surface area (Å²) in [4.78, 5) is 2.76. The van der Waals surface area contributed by atoms with Crippen molar-refractivity contribution in [2.45, 2.75) is 65.1 Å². The average Bonchev–Trinajstić information content (AvgIpc) is 2.49. The lowest BCUT2D eigenvalue weighted by atomic mass is 9.94. The average molecular weight is 288 g/mol. The number of nitrogens with zero attached hydrogens (tertiary/aromatic N) is 1. The van der Waals surface area contributed by atoms with E-state index in [2.05, 4.69) is 68.2 Å². The van der Waals surface area contributed by atoms with Crippen molar-refractivity contribution in [3.05, 3.63) is 35.9 Å². The van der Waals surface area contributed by atoms with E-state index < -0.39 is 0 Å². The van der Waals surface area contributed by atoms with Crippen LogP contribution < -0.4 is 5.32 Å². The molecule has 0 spiro atoms. The van der Waals surface area contributed by atoms with Gasteiger partial charge in [0.15, 0.2) is 0 Å². The number of hydrogen-bond acceptors (Lipinski definition) is 2. The van der Waals surface area contributed by atoms with E-state index >= 15 is 0 Å². The molecule has 3 atom stereocenters. The predicted molar refractivity (Wildman–Crippen MR) is 91.5 cm³/mol. The summed E-state index contributed by atoms with van der Waals surface area (Å²) in [5, 5.41) is 3.77. The van der Waals surface area contributed by atoms with Crippen LogP contribution in [0, 0.1) is 5.92 Å². The van der Waals surface area contributed by atoms with Crippen molar-refractivity contribution < 1.29 is 0 Å². The van der Waals surface area contributed by atoms with E-state index in [1.165, 1.54) is 31.4 Å². The first-order chi connectivity index (χ1) is 10.2. The number of benzene rings is 1. The first-order valence-electron chi connectivity index (χ1n) is 8.69. The summed E-state index contributed by atoms with van der Waals surface area (Å²) in [6.07, 6.45) is 3.69. The second kappa shape index (κ2) is 7.95. The molecule has 2 rings (SSSR count). The van der Waals surface area contributed by atoms with Crippen molar-refractivity contribution in [1.29, 1.82) is 0 Å². The Kier molecular flexibility index (Phi) is 6.25. The Morgan fingerprint density at radius 1 is 1.19 bits per heavy atom. The van der Waals surface area contributed by atoms with Gasteiger partial charge in [0.05, 0.1) is 0 Å². The van der Waals surface area contributed by atoms with Crippen LogP contribution in [0.15, 0.2) is 30.3 Å². The topological polar surface area (TPSA) is 15.3 Å². The summed E-state index contributed by atoms with van der Waals surface area (Å²) in [6, 6.07) is 12.9. The molecule has 1 aliphatic heterocycles. The van der Waals surface area contributed by atoms with Crippen LogP contribution in [-0.2, 0) is 0 Å². The van der Waals surface area contributed by atoms with Crippen LogP contribution in [0.25, 0.3) is 0 Å². The van der Waals surface area contributed by atoms with E-state index in [9.17, 15) is 0 Å². The van der Waals surface area contributed by atoms with E-state index in [0.29, 0.717) is 18.1 Å². The fraction of sp³-hybridized carbons (Fsp3) is 0.684. The summed E-state index contributed by atoms with van der Waals surface area (Å²) < 4.78 is 0. The summed E-state index contributed by atoms with van der Waals surface area (Å²) >= 11 is 0. The molecular weight excluding hydrogens is 256 g/mol. The van der Waals surface area contributed by atoms with E-state index in [0.717, 1.165) is 12.5 Å². The third-order valence-electron chi connectivity index (χ3n) is 4.74. The van der Waals surface area contributed by atoms with Gasteiger partial charge >= 0.3 is 0 Å². The van der Waals surface area contributed by atoms with Crippen LogP contribution in [0.4, 0.5) is 0 Å². The molecule has 1 aromatic carbocycles. The van der Waals surface area contributed by atoms with Crippen molar-refractivity contribution in [2.75, 3.05) is 13.1 Å². The molecule has 1 N–H and O–H groups in total. The van der Waals surface area contributed by atoms with Crippen molar-refractivity contribution in [3.63, 3.8) is 0 Å². The first kappa shape index (κ1) is 16.5. The highest BCUT2D eigenvalue weighted by Crippen LogP contribution is 2.29. The van der Waals surface area contributed by atoms with Gasteiger partial charge < -0.3 is 5.32 Å². The van der Waals surface area contributed by atoms with Crippen LogP contribution in [-0.4, -0.2) is 30.1 Å². The Morgan fingerprint density at radius 3 is 2.48 bits per heavy atom. The molecule has 0 aromatic heterocycles. The molecule has 1 heterocycles. The monoisotopic (exact) mass is 288 g/mol. The number of nitrogens with one attached hydrogen (secondary N) is 1. The molecule has 0 radical (unpaired) electrons. The number of hydrogen-bond donors (Lipinski definition) is 1. The van der Waals surface area contributed by atoms with E-state index in [1.54, 1.807) is 0 Å². The fourth-order valence-electron chi connectivity index (χ4n) is 3.71. The van der Waals surface area contributed by atoms with Crippen molar-refractivity contribution >= 4 is 0 Å². The zero-order valence-electron chi connectivity index (χ0n) is 14.2. The van der Waals surface area contributed by atoms with Gasteiger partial charge in [0.25, 0.3) is 0 Å². The predicted octanol–water partition coefficient (Wildman–Crippen LogP) is 4.24. The maximum atomic E-state index is 3.77. The molecule has 0 bridgehead atoms. The van der Waals surface area contributed by atoms with Gasteiger partial charge in [0.1, 0.15) is 0 Å². The third-order valence-corrected chi connectivity index (χ3v) is 4.74. The maximum absolute atomic E-state index is 3.77. The first-order valence-corrected chi connectivity index (χ1v) is 8.69. The molecule has 2 nitrogen and oxygen atoms in total. The van der Waals surface area contributed by atoms with Crippen molar-refractivity contribution in [3.8, 4) is 0 Å². The SMILES string of the molecule is CCC1CNC(CC(C)C)CN1C(CC)c1ccccc1. The molecule has 21 heavy (non-hydrogen) atoms. The van der Waals surface area contributed by atoms with Gasteiger partial charge in [0.2, 0.25) is 0 Å². The smallest absolute Gasteiger partial charge is 0.0349 e. The highest BCUT2D eigenvalue weighted by molar-refractivity contribution is 5.19. The molecule has 1 aromatic rings. The lowest BCUT2D eigenvalue weighted by molar-refractivity contribution is 0.0705. The Bertz CT molecular complexity index is 401. The Balaban J connectivity index is 2.15. The lowest BCUT2D eigenvalue weighted by Gasteiger charge is -2.45. The van der Waals surface area contributed by atoms with Gasteiger partial charge in [-0.25, -0.2) is 0 Å². The Morgan fingerprint density at radius 2 is 1.90 bits per heavy atom. The third kappa shape index (κ3) is 4.31. The standard InChI is InChI=1S/C19H32N2/c1-5-18-13-20-17(12-15(3)4)14-21(18)19(6-2)16-10-8-7-9-11-16/h7-11,15,17-20H,5-6,12-14H2,1-4H3. The van der Waals surface area contributed by atoms with Crippen molar-refractivity contribution in [1.82, 2.24) is 10.2 Å². The second-order valence-corrected chi connectivity index (χ2v) is 6.83.